The molecule has 0 amide bonds. The molecule has 0 aliphatic carbocycles. The van der Waals surface area contributed by atoms with Crippen LogP contribution in [0, 0.1) is 0 Å². The highest BCUT2D eigenvalue weighted by atomic mass is 15.3. The molecule has 1 atom stereocenters. The van der Waals surface area contributed by atoms with Crippen molar-refractivity contribution in [2.24, 2.45) is 10.7 Å². The highest BCUT2D eigenvalue weighted by molar-refractivity contribution is 5.81. The van der Waals surface area contributed by atoms with Crippen LogP contribution in [0.25, 0.3) is 21.9 Å². The number of nitrogens with two attached hydrogens (primary N) is 1. The van der Waals surface area contributed by atoms with Gasteiger partial charge >= 0.3 is 0 Å². The Labute approximate surface area is 155 Å². The molecule has 0 radical (unpaired) electrons. The summed E-state index contributed by atoms with van der Waals surface area (Å²) < 4.78 is 0. The first-order valence-electron chi connectivity index (χ1n) is 8.76. The summed E-state index contributed by atoms with van der Waals surface area (Å²) in [4.78, 5) is 15.0. The molecule has 1 aliphatic heterocycles. The number of fused-ring (bicyclic) bond motifs is 2. The third kappa shape index (κ3) is 3.04. The summed E-state index contributed by atoms with van der Waals surface area (Å²) in [5.74, 6) is -0.104. The van der Waals surface area contributed by atoms with Crippen molar-refractivity contribution in [2.75, 3.05) is 5.32 Å². The van der Waals surface area contributed by atoms with Crippen molar-refractivity contribution in [3.05, 3.63) is 72.4 Å². The Hall–Kier alpha value is -3.58. The Balaban J connectivity index is 1.34. The van der Waals surface area contributed by atoms with Gasteiger partial charge in [0.2, 0.25) is 0 Å². The van der Waals surface area contributed by atoms with Gasteiger partial charge < -0.3 is 20.6 Å². The number of aromatic amines is 2. The molecule has 0 saturated heterocycles. The first-order valence-corrected chi connectivity index (χ1v) is 8.76. The number of aliphatic imine (C=N–C) groups is 1. The summed E-state index contributed by atoms with van der Waals surface area (Å²) in [6.07, 6.45) is 7.81. The van der Waals surface area contributed by atoms with Crippen LogP contribution in [0.4, 0.5) is 5.69 Å². The lowest BCUT2D eigenvalue weighted by molar-refractivity contribution is 0.381. The van der Waals surface area contributed by atoms with E-state index in [1.807, 2.05) is 30.5 Å². The van der Waals surface area contributed by atoms with Crippen LogP contribution in [0.5, 0.6) is 0 Å². The van der Waals surface area contributed by atoms with E-state index in [0.717, 1.165) is 39.0 Å². The molecule has 134 valence electrons. The van der Waals surface area contributed by atoms with E-state index < -0.39 is 5.79 Å². The number of allylic oxidation sites excluding steroid dienone is 1. The fourth-order valence-electron chi connectivity index (χ4n) is 3.41. The zero-order valence-corrected chi connectivity index (χ0v) is 14.5. The van der Waals surface area contributed by atoms with Gasteiger partial charge in [0.1, 0.15) is 5.82 Å². The number of nitrogens with one attached hydrogen (secondary N) is 4. The lowest BCUT2D eigenvalue weighted by Gasteiger charge is -2.31. The topological polar surface area (TPSA) is 107 Å². The fourth-order valence-corrected chi connectivity index (χ4v) is 3.41. The maximum atomic E-state index is 6.51. The zero-order valence-electron chi connectivity index (χ0n) is 14.5. The van der Waals surface area contributed by atoms with Crippen molar-refractivity contribution >= 4 is 33.8 Å². The average Bonchev–Trinajstić information content (AvgIpc) is 3.29. The molecule has 27 heavy (non-hydrogen) atoms. The predicted octanol–water partition coefficient (Wildman–Crippen LogP) is 2.83. The monoisotopic (exact) mass is 357 g/mol. The summed E-state index contributed by atoms with van der Waals surface area (Å²) in [7, 11) is 0. The van der Waals surface area contributed by atoms with Gasteiger partial charge in [0, 0.05) is 30.0 Å². The third-order valence-electron chi connectivity index (χ3n) is 4.69. The lowest BCUT2D eigenvalue weighted by atomic mass is 10.0. The predicted molar refractivity (Wildman–Crippen MR) is 108 cm³/mol. The van der Waals surface area contributed by atoms with Gasteiger partial charge in [-0.2, -0.15) is 0 Å². The number of nitrogens with zero attached hydrogens (tertiary/aromatic N) is 2. The van der Waals surface area contributed by atoms with E-state index >= 15 is 0 Å². The molecule has 2 aromatic heterocycles. The molecular weight excluding hydrogens is 338 g/mol. The van der Waals surface area contributed by atoms with Crippen LogP contribution in [-0.4, -0.2) is 27.0 Å². The first-order chi connectivity index (χ1) is 13.2. The van der Waals surface area contributed by atoms with E-state index in [0.29, 0.717) is 6.42 Å². The third-order valence-corrected chi connectivity index (χ3v) is 4.69. The van der Waals surface area contributed by atoms with Gasteiger partial charge in [-0.15, -0.1) is 0 Å². The van der Waals surface area contributed by atoms with Crippen LogP contribution in [0.2, 0.25) is 0 Å². The van der Waals surface area contributed by atoms with Gasteiger partial charge in [-0.25, -0.2) is 4.98 Å². The molecule has 4 aromatic rings. The largest absolute Gasteiger partial charge is 0.361 e. The smallest absolute Gasteiger partial charge is 0.187 e. The highest BCUT2D eigenvalue weighted by Gasteiger charge is 2.26. The SMILES string of the molecule is NC1(Cc2ccc3[nH]ccc3c2)N=CC=C(Nc2ccc3nc[nH]c3c2)N1. The number of anilines is 1. The van der Waals surface area contributed by atoms with Crippen LogP contribution in [0.1, 0.15) is 5.56 Å². The Morgan fingerprint density at radius 3 is 2.96 bits per heavy atom. The molecule has 1 unspecified atom stereocenters. The van der Waals surface area contributed by atoms with Crippen LogP contribution in [0.15, 0.2) is 71.9 Å². The molecule has 7 nitrogen and oxygen atoms in total. The van der Waals surface area contributed by atoms with Crippen molar-refractivity contribution in [2.45, 2.75) is 12.2 Å². The van der Waals surface area contributed by atoms with E-state index in [-0.39, 0.29) is 0 Å². The van der Waals surface area contributed by atoms with Gasteiger partial charge in [0.05, 0.1) is 17.4 Å². The minimum atomic E-state index is -0.904. The molecule has 0 fully saturated rings. The number of hydrogen-bond donors (Lipinski definition) is 5. The Bertz CT molecular complexity index is 1180. The summed E-state index contributed by atoms with van der Waals surface area (Å²) in [5.41, 5.74) is 11.6. The van der Waals surface area contributed by atoms with Gasteiger partial charge in [-0.1, -0.05) is 6.07 Å². The maximum Gasteiger partial charge on any atom is 0.187 e. The number of hydrogen-bond acceptors (Lipinski definition) is 5. The molecule has 6 N–H and O–H groups in total. The van der Waals surface area contributed by atoms with Crippen LogP contribution in [0.3, 0.4) is 0 Å². The second-order valence-electron chi connectivity index (χ2n) is 6.74. The standard InChI is InChI=1S/C20H19N7/c21-20(11-13-1-3-16-14(9-13)5-7-22-16)25-8-6-19(27-20)26-15-2-4-17-18(10-15)24-12-23-17/h1-10,12,22,26-27H,11,21H2,(H,23,24). The second-order valence-corrected chi connectivity index (χ2v) is 6.74. The summed E-state index contributed by atoms with van der Waals surface area (Å²) >= 11 is 0. The van der Waals surface area contributed by atoms with Crippen molar-refractivity contribution in [3.63, 3.8) is 0 Å². The van der Waals surface area contributed by atoms with Crippen molar-refractivity contribution in [3.8, 4) is 0 Å². The Morgan fingerprint density at radius 1 is 1.04 bits per heavy atom. The van der Waals surface area contributed by atoms with E-state index in [1.165, 1.54) is 0 Å². The molecule has 3 heterocycles. The summed E-state index contributed by atoms with van der Waals surface area (Å²) in [6.45, 7) is 0. The summed E-state index contributed by atoms with van der Waals surface area (Å²) in [6, 6.07) is 14.3. The van der Waals surface area contributed by atoms with Gasteiger partial charge in [0.25, 0.3) is 0 Å². The van der Waals surface area contributed by atoms with E-state index in [2.05, 4.69) is 54.8 Å². The van der Waals surface area contributed by atoms with Crippen molar-refractivity contribution in [1.29, 1.82) is 0 Å². The Morgan fingerprint density at radius 2 is 2.00 bits per heavy atom. The minimum absolute atomic E-state index is 0.573. The fraction of sp³-hybridized carbons (Fsp3) is 0.100. The average molecular weight is 357 g/mol. The van der Waals surface area contributed by atoms with E-state index in [9.17, 15) is 0 Å². The van der Waals surface area contributed by atoms with E-state index in [1.54, 1.807) is 12.5 Å². The number of rotatable bonds is 4. The molecule has 0 saturated carbocycles. The van der Waals surface area contributed by atoms with Crippen LogP contribution < -0.4 is 16.4 Å². The quantitative estimate of drug-likeness (QED) is 0.387. The number of benzene rings is 2. The van der Waals surface area contributed by atoms with Gasteiger partial charge in [0.15, 0.2) is 5.79 Å². The molecule has 7 heteroatoms. The van der Waals surface area contributed by atoms with Crippen molar-refractivity contribution in [1.82, 2.24) is 20.3 Å². The maximum absolute atomic E-state index is 6.51. The van der Waals surface area contributed by atoms with Gasteiger partial charge in [-0.3, -0.25) is 10.7 Å². The molecular formula is C20H19N7. The second kappa shape index (κ2) is 6.00. The molecule has 0 spiro atoms. The molecule has 5 rings (SSSR count). The minimum Gasteiger partial charge on any atom is -0.361 e. The molecule has 0 bridgehead atoms. The summed E-state index contributed by atoms with van der Waals surface area (Å²) in [5, 5.41) is 7.83. The normalized spacial score (nSPS) is 19.2. The number of imidazole rings is 1. The van der Waals surface area contributed by atoms with Crippen LogP contribution in [-0.2, 0) is 6.42 Å². The van der Waals surface area contributed by atoms with E-state index in [4.69, 9.17) is 5.73 Å². The van der Waals surface area contributed by atoms with Crippen molar-refractivity contribution < 1.29 is 0 Å². The number of H-pyrrole nitrogens is 2. The Kier molecular flexibility index (Phi) is 3.48. The van der Waals surface area contributed by atoms with Gasteiger partial charge in [-0.05, 0) is 53.4 Å². The number of aromatic nitrogens is 3. The lowest BCUT2D eigenvalue weighted by Crippen LogP contribution is -2.55. The van der Waals surface area contributed by atoms with Crippen LogP contribution >= 0.6 is 0 Å². The molecule has 2 aromatic carbocycles. The zero-order chi connectivity index (χ0) is 18.3. The highest BCUT2D eigenvalue weighted by Crippen LogP contribution is 2.21. The first kappa shape index (κ1) is 15.7. The molecule has 1 aliphatic rings.